The molecule has 0 saturated heterocycles. The van der Waals surface area contributed by atoms with E-state index < -0.39 is 6.29 Å². The number of hydrogen-bond acceptors (Lipinski definition) is 2. The number of halogens is 1. The minimum Gasteiger partial charge on any atom is -0.353 e. The number of rotatable bonds is 2. The molecule has 0 aromatic heterocycles. The zero-order valence-corrected chi connectivity index (χ0v) is 3.77. The lowest BCUT2D eigenvalue weighted by atomic mass is 10.8. The van der Waals surface area contributed by atoms with Crippen molar-refractivity contribution in [3.05, 3.63) is 0 Å². The van der Waals surface area contributed by atoms with Gasteiger partial charge >= 0.3 is 0 Å². The number of hydrogen-bond donors (Lipinski definition) is 0. The Labute approximate surface area is 35.8 Å². The normalized spacial score (nSPS) is 14.5. The van der Waals surface area contributed by atoms with E-state index in [1.807, 2.05) is 0 Å². The first kappa shape index (κ1) is 5.85. The predicted molar refractivity (Wildman–Crippen MR) is 18.7 cm³/mol. The van der Waals surface area contributed by atoms with Gasteiger partial charge in [0.2, 0.25) is 0 Å². The third-order valence-corrected chi connectivity index (χ3v) is 0.457. The Morgan fingerprint density at radius 2 is 2.17 bits per heavy atom. The summed E-state index contributed by atoms with van der Waals surface area (Å²) in [5.74, 6) is 0. The maximum Gasteiger partial charge on any atom is 0.193 e. The zero-order chi connectivity index (χ0) is 4.99. The largest absolute Gasteiger partial charge is 0.353 e. The van der Waals surface area contributed by atoms with Gasteiger partial charge in [0.25, 0.3) is 0 Å². The van der Waals surface area contributed by atoms with E-state index in [-0.39, 0.29) is 0 Å². The van der Waals surface area contributed by atoms with E-state index in [2.05, 4.69) is 9.68 Å². The van der Waals surface area contributed by atoms with Crippen molar-refractivity contribution < 1.29 is 14.2 Å². The lowest BCUT2D eigenvalue weighted by Crippen LogP contribution is -2.02. The Hall–Kier alpha value is -0.150. The SMILES string of the molecule is COC(C)OF. The van der Waals surface area contributed by atoms with Crippen molar-refractivity contribution in [2.24, 2.45) is 0 Å². The highest BCUT2D eigenvalue weighted by Gasteiger charge is 1.92. The molecular formula is C3H7FO2. The van der Waals surface area contributed by atoms with Crippen LogP contribution in [0.1, 0.15) is 6.92 Å². The Kier molecular flexibility index (Phi) is 2.98. The molecule has 0 aliphatic carbocycles. The quantitative estimate of drug-likeness (QED) is 0.473. The molecule has 0 aliphatic rings. The first-order valence-electron chi connectivity index (χ1n) is 1.61. The maximum atomic E-state index is 10.8. The van der Waals surface area contributed by atoms with Crippen LogP contribution in [-0.4, -0.2) is 13.4 Å². The van der Waals surface area contributed by atoms with Crippen molar-refractivity contribution in [1.29, 1.82) is 0 Å². The summed E-state index contributed by atoms with van der Waals surface area (Å²) in [6, 6.07) is 0. The number of methoxy groups -OCH3 is 1. The van der Waals surface area contributed by atoms with Gasteiger partial charge in [-0.05, 0) is 11.4 Å². The van der Waals surface area contributed by atoms with Crippen LogP contribution >= 0.6 is 0 Å². The second-order valence-electron chi connectivity index (χ2n) is 0.892. The lowest BCUT2D eigenvalue weighted by molar-refractivity contribution is -0.257. The summed E-state index contributed by atoms with van der Waals surface area (Å²) in [6.45, 7) is 1.46. The van der Waals surface area contributed by atoms with Gasteiger partial charge in [-0.15, -0.1) is 0 Å². The van der Waals surface area contributed by atoms with E-state index in [9.17, 15) is 4.53 Å². The van der Waals surface area contributed by atoms with Crippen molar-refractivity contribution in [1.82, 2.24) is 0 Å². The van der Waals surface area contributed by atoms with Crippen LogP contribution in [0.4, 0.5) is 4.53 Å². The molecule has 3 heteroatoms. The highest BCUT2D eigenvalue weighted by molar-refractivity contribution is 4.14. The van der Waals surface area contributed by atoms with Gasteiger partial charge in [-0.25, -0.2) is 0 Å². The van der Waals surface area contributed by atoms with E-state index in [4.69, 9.17) is 0 Å². The fourth-order valence-corrected chi connectivity index (χ4v) is 0.0364. The molecule has 1 atom stereocenters. The number of ether oxygens (including phenoxy) is 1. The average molecular weight is 94.1 g/mol. The van der Waals surface area contributed by atoms with Crippen LogP contribution in [0.3, 0.4) is 0 Å². The predicted octanol–water partition coefficient (Wildman–Crippen LogP) is 0.880. The first-order valence-corrected chi connectivity index (χ1v) is 1.61. The van der Waals surface area contributed by atoms with E-state index >= 15 is 0 Å². The summed E-state index contributed by atoms with van der Waals surface area (Å²) < 4.78 is 15.1. The Balaban J connectivity index is 2.75. The van der Waals surface area contributed by atoms with Crippen molar-refractivity contribution in [3.63, 3.8) is 0 Å². The van der Waals surface area contributed by atoms with E-state index in [0.29, 0.717) is 0 Å². The van der Waals surface area contributed by atoms with Crippen LogP contribution in [0.25, 0.3) is 0 Å². The van der Waals surface area contributed by atoms with Gasteiger partial charge < -0.3 is 4.74 Å². The Morgan fingerprint density at radius 1 is 1.67 bits per heavy atom. The van der Waals surface area contributed by atoms with Gasteiger partial charge in [-0.3, -0.25) is 0 Å². The third-order valence-electron chi connectivity index (χ3n) is 0.457. The van der Waals surface area contributed by atoms with Gasteiger partial charge in [0, 0.05) is 7.11 Å². The fourth-order valence-electron chi connectivity index (χ4n) is 0.0364. The summed E-state index contributed by atoms with van der Waals surface area (Å²) in [7, 11) is 1.37. The molecule has 0 spiro atoms. The van der Waals surface area contributed by atoms with Crippen molar-refractivity contribution >= 4 is 0 Å². The topological polar surface area (TPSA) is 18.5 Å². The van der Waals surface area contributed by atoms with Crippen molar-refractivity contribution in [3.8, 4) is 0 Å². The molecular weight excluding hydrogens is 87.0 g/mol. The molecule has 2 nitrogen and oxygen atoms in total. The molecule has 0 aliphatic heterocycles. The Morgan fingerprint density at radius 3 is 2.17 bits per heavy atom. The molecule has 38 valence electrons. The van der Waals surface area contributed by atoms with Crippen molar-refractivity contribution in [2.45, 2.75) is 13.2 Å². The minimum absolute atomic E-state index is 0.731. The molecule has 0 amide bonds. The van der Waals surface area contributed by atoms with Gasteiger partial charge in [0.05, 0.1) is 0 Å². The molecule has 0 radical (unpaired) electrons. The summed E-state index contributed by atoms with van der Waals surface area (Å²) in [5.41, 5.74) is 0. The molecule has 0 aromatic rings. The molecule has 1 unspecified atom stereocenters. The third kappa shape index (κ3) is 2.11. The van der Waals surface area contributed by atoms with Crippen LogP contribution < -0.4 is 0 Å². The minimum atomic E-state index is -0.731. The maximum absolute atomic E-state index is 10.8. The summed E-state index contributed by atoms with van der Waals surface area (Å²) in [6.07, 6.45) is -0.731. The van der Waals surface area contributed by atoms with Crippen LogP contribution in [0.15, 0.2) is 0 Å². The molecule has 0 N–H and O–H groups in total. The average Bonchev–Trinajstić information content (AvgIpc) is 1.65. The highest BCUT2D eigenvalue weighted by atomic mass is 19.3. The van der Waals surface area contributed by atoms with E-state index in [0.717, 1.165) is 0 Å². The lowest BCUT2D eigenvalue weighted by Gasteiger charge is -1.97. The van der Waals surface area contributed by atoms with Crippen LogP contribution in [0.2, 0.25) is 0 Å². The summed E-state index contributed by atoms with van der Waals surface area (Å²) in [4.78, 5) is 3.18. The zero-order valence-electron chi connectivity index (χ0n) is 3.77. The molecule has 0 rings (SSSR count). The second-order valence-corrected chi connectivity index (χ2v) is 0.892. The van der Waals surface area contributed by atoms with Gasteiger partial charge in [-0.1, -0.05) is 0 Å². The fraction of sp³-hybridized carbons (Fsp3) is 1.00. The molecule has 0 saturated carbocycles. The molecule has 0 bridgehead atoms. The summed E-state index contributed by atoms with van der Waals surface area (Å²) in [5, 5.41) is 0. The molecule has 0 heterocycles. The van der Waals surface area contributed by atoms with Gasteiger partial charge in [-0.2, -0.15) is 4.94 Å². The summed E-state index contributed by atoms with van der Waals surface area (Å²) >= 11 is 0. The first-order chi connectivity index (χ1) is 2.81. The molecule has 6 heavy (non-hydrogen) atoms. The van der Waals surface area contributed by atoms with E-state index in [1.165, 1.54) is 14.0 Å². The monoisotopic (exact) mass is 94.0 g/mol. The van der Waals surface area contributed by atoms with Crippen molar-refractivity contribution in [2.75, 3.05) is 7.11 Å². The molecule has 0 aromatic carbocycles. The van der Waals surface area contributed by atoms with Crippen LogP contribution in [0.5, 0.6) is 0 Å². The highest BCUT2D eigenvalue weighted by Crippen LogP contribution is 1.87. The van der Waals surface area contributed by atoms with Gasteiger partial charge in [0.15, 0.2) is 6.29 Å². The van der Waals surface area contributed by atoms with E-state index in [1.54, 1.807) is 0 Å². The van der Waals surface area contributed by atoms with Gasteiger partial charge in [0.1, 0.15) is 0 Å². The standard InChI is InChI=1S/C3H7FO2/c1-3(5-2)6-4/h3H,1-2H3. The Bertz CT molecular complexity index is 28.0. The molecule has 0 fully saturated rings. The van der Waals surface area contributed by atoms with Crippen LogP contribution in [-0.2, 0) is 9.68 Å². The smallest absolute Gasteiger partial charge is 0.193 e. The second kappa shape index (κ2) is 3.06. The van der Waals surface area contributed by atoms with Crippen LogP contribution in [0, 0.1) is 0 Å².